The topological polar surface area (TPSA) is 77.6 Å². The van der Waals surface area contributed by atoms with E-state index in [1.54, 1.807) is 0 Å². The highest BCUT2D eigenvalue weighted by molar-refractivity contribution is 5.75. The highest BCUT2D eigenvalue weighted by Gasteiger charge is 2.18. The Bertz CT molecular complexity index is 1940. The molecule has 7 rings (SSSR count). The SMILES string of the molecule is O=Cc1ccc(C[n+]2ccn(-c3cc(-n4cc[n+](Cc5ccc(C=O)cc5)c4)cc(-n4cc[n+](Cc5ccc(C=O)cc5)c4)c3)c2)cc1. The third-order valence-corrected chi connectivity index (χ3v) is 8.30. The normalized spacial score (nSPS) is 11.0. The summed E-state index contributed by atoms with van der Waals surface area (Å²) < 4.78 is 12.6. The number of aromatic nitrogens is 6. The van der Waals surface area contributed by atoms with Crippen LogP contribution in [0.5, 0.6) is 0 Å². The van der Waals surface area contributed by atoms with Crippen molar-refractivity contribution < 1.29 is 28.1 Å². The lowest BCUT2D eigenvalue weighted by Gasteiger charge is -2.04. The number of hydrogen-bond donors (Lipinski definition) is 0. The Morgan fingerprint density at radius 3 is 0.938 bits per heavy atom. The molecular formula is C39H33N6O3+3. The van der Waals surface area contributed by atoms with Crippen LogP contribution in [0.4, 0.5) is 0 Å². The molecule has 0 atom stereocenters. The maximum Gasteiger partial charge on any atom is 0.249 e. The van der Waals surface area contributed by atoms with E-state index in [0.29, 0.717) is 36.3 Å². The number of hydrogen-bond acceptors (Lipinski definition) is 3. The summed E-state index contributed by atoms with van der Waals surface area (Å²) >= 11 is 0. The van der Waals surface area contributed by atoms with E-state index in [2.05, 4.69) is 64.6 Å². The lowest BCUT2D eigenvalue weighted by Crippen LogP contribution is -2.31. The largest absolute Gasteiger partial charge is 0.298 e. The molecule has 9 heteroatoms. The van der Waals surface area contributed by atoms with Crippen molar-refractivity contribution in [3.8, 4) is 17.1 Å². The van der Waals surface area contributed by atoms with Crippen LogP contribution in [-0.4, -0.2) is 32.6 Å². The van der Waals surface area contributed by atoms with Crippen molar-refractivity contribution in [2.75, 3.05) is 0 Å². The van der Waals surface area contributed by atoms with E-state index >= 15 is 0 Å². The first-order valence-electron chi connectivity index (χ1n) is 15.5. The van der Waals surface area contributed by atoms with Gasteiger partial charge in [-0.05, 0) is 16.7 Å². The van der Waals surface area contributed by atoms with Crippen molar-refractivity contribution in [1.29, 1.82) is 0 Å². The zero-order valence-electron chi connectivity index (χ0n) is 26.1. The number of nitrogens with zero attached hydrogens (tertiary/aromatic N) is 6. The molecule has 0 spiro atoms. The van der Waals surface area contributed by atoms with Crippen LogP contribution < -0.4 is 13.7 Å². The molecule has 0 aliphatic heterocycles. The number of carbonyl (C=O) groups excluding carboxylic acids is 3. The van der Waals surface area contributed by atoms with Gasteiger partial charge in [-0.15, -0.1) is 0 Å². The predicted octanol–water partition coefficient (Wildman–Crippen LogP) is 4.50. The first-order chi connectivity index (χ1) is 23.5. The van der Waals surface area contributed by atoms with E-state index in [0.717, 1.165) is 52.6 Å². The second kappa shape index (κ2) is 13.5. The molecule has 0 saturated heterocycles. The van der Waals surface area contributed by atoms with Crippen LogP contribution in [0.2, 0.25) is 0 Å². The zero-order valence-corrected chi connectivity index (χ0v) is 26.1. The molecule has 4 aromatic carbocycles. The fraction of sp³-hybridized carbons (Fsp3) is 0.0769. The van der Waals surface area contributed by atoms with Gasteiger partial charge in [-0.1, -0.05) is 72.8 Å². The van der Waals surface area contributed by atoms with Crippen molar-refractivity contribution >= 4 is 18.9 Å². The lowest BCUT2D eigenvalue weighted by atomic mass is 10.1. The average molecular weight is 634 g/mol. The molecule has 0 amide bonds. The second-order valence-electron chi connectivity index (χ2n) is 11.8. The van der Waals surface area contributed by atoms with Gasteiger partial charge in [-0.3, -0.25) is 14.4 Å². The molecule has 9 nitrogen and oxygen atoms in total. The summed E-state index contributed by atoms with van der Waals surface area (Å²) in [6.45, 7) is 2.03. The summed E-state index contributed by atoms with van der Waals surface area (Å²) in [6.07, 6.45) is 21.0. The smallest absolute Gasteiger partial charge is 0.249 e. The van der Waals surface area contributed by atoms with Crippen LogP contribution in [-0.2, 0) is 19.6 Å². The molecular weight excluding hydrogens is 600 g/mol. The summed E-state index contributed by atoms with van der Waals surface area (Å²) in [6, 6.07) is 29.3. The summed E-state index contributed by atoms with van der Waals surface area (Å²) in [5.74, 6) is 0. The Morgan fingerprint density at radius 2 is 0.688 bits per heavy atom. The fourth-order valence-electron chi connectivity index (χ4n) is 5.69. The van der Waals surface area contributed by atoms with Gasteiger partial charge in [0, 0.05) is 34.9 Å². The highest BCUT2D eigenvalue weighted by atomic mass is 16.1. The molecule has 0 bridgehead atoms. The quantitative estimate of drug-likeness (QED) is 0.147. The van der Waals surface area contributed by atoms with Crippen LogP contribution in [0, 0.1) is 0 Å². The van der Waals surface area contributed by atoms with Crippen molar-refractivity contribution in [2.24, 2.45) is 0 Å². The highest BCUT2D eigenvalue weighted by Crippen LogP contribution is 2.21. The molecule has 0 radical (unpaired) electrons. The van der Waals surface area contributed by atoms with Crippen LogP contribution in [0.15, 0.2) is 147 Å². The molecule has 0 aliphatic carbocycles. The minimum Gasteiger partial charge on any atom is -0.298 e. The Hall–Kier alpha value is -6.48. The van der Waals surface area contributed by atoms with Gasteiger partial charge in [-0.2, -0.15) is 0 Å². The Balaban J connectivity index is 1.20. The van der Waals surface area contributed by atoms with Crippen LogP contribution >= 0.6 is 0 Å². The number of imidazole rings is 3. The van der Waals surface area contributed by atoms with Crippen molar-refractivity contribution in [3.05, 3.63) is 181 Å². The molecule has 0 saturated carbocycles. The van der Waals surface area contributed by atoms with E-state index in [9.17, 15) is 14.4 Å². The summed E-state index contributed by atoms with van der Waals surface area (Å²) in [5.41, 5.74) is 8.28. The first kappa shape index (κ1) is 30.2. The Kier molecular flexibility index (Phi) is 8.48. The van der Waals surface area contributed by atoms with E-state index < -0.39 is 0 Å². The van der Waals surface area contributed by atoms with E-state index in [1.807, 2.05) is 110 Å². The summed E-state index contributed by atoms with van der Waals surface area (Å²) in [7, 11) is 0. The van der Waals surface area contributed by atoms with E-state index in [-0.39, 0.29) is 0 Å². The second-order valence-corrected chi connectivity index (χ2v) is 11.8. The van der Waals surface area contributed by atoms with Crippen molar-refractivity contribution in [1.82, 2.24) is 13.7 Å². The summed E-state index contributed by atoms with van der Waals surface area (Å²) in [5, 5.41) is 0. The van der Waals surface area contributed by atoms with Gasteiger partial charge in [0.2, 0.25) is 19.0 Å². The monoisotopic (exact) mass is 633 g/mol. The molecule has 3 aromatic heterocycles. The van der Waals surface area contributed by atoms with Crippen molar-refractivity contribution in [3.63, 3.8) is 0 Å². The molecule has 0 N–H and O–H groups in total. The maximum atomic E-state index is 11.1. The minimum absolute atomic E-state index is 0.662. The predicted molar refractivity (Wildman–Crippen MR) is 178 cm³/mol. The molecule has 3 heterocycles. The Labute approximate surface area is 277 Å². The van der Waals surface area contributed by atoms with Gasteiger partial charge in [0.25, 0.3) is 0 Å². The van der Waals surface area contributed by atoms with Gasteiger partial charge in [0.15, 0.2) is 0 Å². The van der Waals surface area contributed by atoms with Crippen LogP contribution in [0.3, 0.4) is 0 Å². The lowest BCUT2D eigenvalue weighted by molar-refractivity contribution is -0.687. The number of benzene rings is 4. The number of rotatable bonds is 12. The average Bonchev–Trinajstić information content (AvgIpc) is 3.91. The molecule has 234 valence electrons. The molecule has 48 heavy (non-hydrogen) atoms. The first-order valence-corrected chi connectivity index (χ1v) is 15.5. The van der Waals surface area contributed by atoms with Gasteiger partial charge in [-0.25, -0.2) is 27.4 Å². The summed E-state index contributed by atoms with van der Waals surface area (Å²) in [4.78, 5) is 33.2. The van der Waals surface area contributed by atoms with Gasteiger partial charge < -0.3 is 0 Å². The third kappa shape index (κ3) is 6.85. The van der Waals surface area contributed by atoms with Crippen LogP contribution in [0.1, 0.15) is 47.8 Å². The van der Waals surface area contributed by atoms with E-state index in [1.165, 1.54) is 0 Å². The zero-order chi connectivity index (χ0) is 32.9. The van der Waals surface area contributed by atoms with Crippen molar-refractivity contribution in [2.45, 2.75) is 19.6 Å². The standard InChI is InChI=1S/C39H33N6O3/c46-25-34-7-1-31(2-8-34)22-40-13-16-43(28-40)37-19-38(44-17-14-41(29-44)23-32-3-9-35(26-47)10-4-32)21-39(20-37)45-18-15-42(30-45)24-33-5-11-36(27-48)12-6-33/h1-21,25-30H,22-24H2/q+3. The molecule has 7 aromatic rings. The Morgan fingerprint density at radius 1 is 0.417 bits per heavy atom. The molecule has 0 fully saturated rings. The third-order valence-electron chi connectivity index (χ3n) is 8.30. The molecule has 0 aliphatic rings. The van der Waals surface area contributed by atoms with E-state index in [4.69, 9.17) is 0 Å². The van der Waals surface area contributed by atoms with Crippen LogP contribution in [0.25, 0.3) is 17.1 Å². The van der Waals surface area contributed by atoms with Gasteiger partial charge in [0.05, 0.1) is 0 Å². The maximum absolute atomic E-state index is 11.1. The van der Waals surface area contributed by atoms with Gasteiger partial charge >= 0.3 is 0 Å². The van der Waals surface area contributed by atoms with Gasteiger partial charge in [0.1, 0.15) is 92.7 Å². The molecule has 0 unspecified atom stereocenters. The number of carbonyl (C=O) groups is 3. The fourth-order valence-corrected chi connectivity index (χ4v) is 5.69. The number of aldehydes is 3. The minimum atomic E-state index is 0.662.